The molecule has 0 bridgehead atoms. The van der Waals surface area contributed by atoms with Crippen LogP contribution in [0.4, 0.5) is 0 Å². The summed E-state index contributed by atoms with van der Waals surface area (Å²) in [5.41, 5.74) is 7.67. The Balaban J connectivity index is 1.34. The van der Waals surface area contributed by atoms with Crippen molar-refractivity contribution in [3.8, 4) is 0 Å². The summed E-state index contributed by atoms with van der Waals surface area (Å²) < 4.78 is 0. The van der Waals surface area contributed by atoms with Gasteiger partial charge in [-0.1, -0.05) is 82.2 Å². The molecule has 0 amide bonds. The highest BCUT2D eigenvalue weighted by Gasteiger charge is 2.65. The van der Waals surface area contributed by atoms with Crippen LogP contribution in [0.5, 0.6) is 0 Å². The summed E-state index contributed by atoms with van der Waals surface area (Å²) >= 11 is 0. The van der Waals surface area contributed by atoms with Crippen molar-refractivity contribution in [2.45, 2.75) is 106 Å². The number of allylic oxidation sites excluding steroid dienone is 3. The smallest absolute Gasteiger partial charge is 0.00624 e. The van der Waals surface area contributed by atoms with E-state index < -0.39 is 0 Å². The van der Waals surface area contributed by atoms with Gasteiger partial charge in [0.25, 0.3) is 0 Å². The van der Waals surface area contributed by atoms with Gasteiger partial charge in [0.05, 0.1) is 0 Å². The third-order valence-corrected chi connectivity index (χ3v) is 13.3. The Morgan fingerprint density at radius 3 is 2.26 bits per heavy atom. The average Bonchev–Trinajstić information content (AvgIpc) is 3.25. The number of rotatable bonds is 2. The quantitative estimate of drug-likeness (QED) is 0.377. The van der Waals surface area contributed by atoms with Crippen LogP contribution in [0.1, 0.15) is 110 Å². The Morgan fingerprint density at radius 1 is 0.800 bits per heavy atom. The first-order valence-electron chi connectivity index (χ1n) is 15.0. The minimum atomic E-state index is 0.244. The van der Waals surface area contributed by atoms with Gasteiger partial charge in [-0.3, -0.25) is 0 Å². The van der Waals surface area contributed by atoms with Crippen molar-refractivity contribution >= 4 is 5.57 Å². The lowest BCUT2D eigenvalue weighted by Crippen LogP contribution is -2.61. The third-order valence-electron chi connectivity index (χ3n) is 13.3. The highest BCUT2D eigenvalue weighted by atomic mass is 14.7. The number of hydrogen-bond acceptors (Lipinski definition) is 0. The van der Waals surface area contributed by atoms with Gasteiger partial charge < -0.3 is 0 Å². The molecular formula is C35H50. The molecule has 0 spiro atoms. The predicted molar refractivity (Wildman–Crippen MR) is 150 cm³/mol. The number of fused-ring (bicyclic) bond motifs is 7. The van der Waals surface area contributed by atoms with Crippen LogP contribution in [0, 0.1) is 58.2 Å². The van der Waals surface area contributed by atoms with Crippen LogP contribution in [-0.4, -0.2) is 0 Å². The van der Waals surface area contributed by atoms with E-state index in [1.165, 1.54) is 80.9 Å². The van der Waals surface area contributed by atoms with Crippen LogP contribution in [0.3, 0.4) is 0 Å². The molecule has 0 N–H and O–H groups in total. The Kier molecular flexibility index (Phi) is 5.40. The van der Waals surface area contributed by atoms with Gasteiger partial charge in [0.15, 0.2) is 0 Å². The monoisotopic (exact) mass is 470 g/mol. The van der Waals surface area contributed by atoms with Crippen molar-refractivity contribution in [2.75, 3.05) is 0 Å². The van der Waals surface area contributed by atoms with Gasteiger partial charge in [-0.15, -0.1) is 0 Å². The lowest BCUT2D eigenvalue weighted by molar-refractivity contribution is -0.175. The lowest BCUT2D eigenvalue weighted by atomic mass is 9.36. The molecule has 1 aromatic rings. The van der Waals surface area contributed by atoms with Gasteiger partial charge in [0.1, 0.15) is 0 Å². The van der Waals surface area contributed by atoms with Gasteiger partial charge in [0.2, 0.25) is 0 Å². The van der Waals surface area contributed by atoms with Crippen LogP contribution in [0.15, 0.2) is 42.5 Å². The van der Waals surface area contributed by atoms with E-state index in [9.17, 15) is 0 Å². The van der Waals surface area contributed by atoms with Gasteiger partial charge in [0, 0.05) is 0 Å². The average molecular weight is 471 g/mol. The molecule has 6 rings (SSSR count). The van der Waals surface area contributed by atoms with Crippen LogP contribution in [-0.2, 0) is 0 Å². The number of aryl methyl sites for hydroxylation is 1. The molecule has 5 aliphatic carbocycles. The van der Waals surface area contributed by atoms with Crippen molar-refractivity contribution in [1.82, 2.24) is 0 Å². The maximum Gasteiger partial charge on any atom is -0.00624 e. The van der Waals surface area contributed by atoms with Crippen LogP contribution in [0.2, 0.25) is 0 Å². The molecular weight excluding hydrogens is 420 g/mol. The minimum Gasteiger partial charge on any atom is -0.0996 e. The van der Waals surface area contributed by atoms with Gasteiger partial charge in [-0.25, -0.2) is 0 Å². The highest BCUT2D eigenvalue weighted by Crippen LogP contribution is 2.73. The SMILES string of the molecule is C=C(C)C12CCCC1C1CCC3C(C)(CCC4C(C)(C)C(c5ccc(C)cc5)=CCC43C)C1CC2. The van der Waals surface area contributed by atoms with Crippen LogP contribution < -0.4 is 0 Å². The first-order valence-corrected chi connectivity index (χ1v) is 15.0. The maximum absolute atomic E-state index is 4.56. The minimum absolute atomic E-state index is 0.244. The number of hydrogen-bond donors (Lipinski definition) is 0. The van der Waals surface area contributed by atoms with E-state index in [1.54, 1.807) is 5.57 Å². The largest absolute Gasteiger partial charge is 0.0996 e. The molecule has 4 saturated carbocycles. The van der Waals surface area contributed by atoms with Crippen molar-refractivity contribution in [1.29, 1.82) is 0 Å². The fraction of sp³-hybridized carbons (Fsp3) is 0.714. The molecule has 0 radical (unpaired) electrons. The first kappa shape index (κ1) is 24.1. The van der Waals surface area contributed by atoms with E-state index in [2.05, 4.69) is 78.5 Å². The van der Waals surface area contributed by atoms with E-state index in [4.69, 9.17) is 0 Å². The molecule has 0 aliphatic heterocycles. The summed E-state index contributed by atoms with van der Waals surface area (Å²) in [6, 6.07) is 9.36. The van der Waals surface area contributed by atoms with Crippen LogP contribution in [0.25, 0.3) is 5.57 Å². The van der Waals surface area contributed by atoms with Gasteiger partial charge in [-0.05, 0) is 134 Å². The second kappa shape index (κ2) is 7.85. The summed E-state index contributed by atoms with van der Waals surface area (Å²) in [6.07, 6.45) is 17.0. The summed E-state index contributed by atoms with van der Waals surface area (Å²) in [5, 5.41) is 0. The van der Waals surface area contributed by atoms with E-state index in [1.807, 2.05) is 0 Å². The van der Waals surface area contributed by atoms with E-state index in [0.29, 0.717) is 16.2 Å². The predicted octanol–water partition coefficient (Wildman–Crippen LogP) is 10.0. The fourth-order valence-electron chi connectivity index (χ4n) is 11.8. The molecule has 4 fully saturated rings. The normalized spacial score (nSPS) is 46.0. The van der Waals surface area contributed by atoms with Crippen molar-refractivity contribution in [3.63, 3.8) is 0 Å². The molecule has 0 saturated heterocycles. The van der Waals surface area contributed by atoms with Gasteiger partial charge in [-0.2, -0.15) is 0 Å². The van der Waals surface area contributed by atoms with E-state index in [0.717, 1.165) is 29.6 Å². The lowest BCUT2D eigenvalue weighted by Gasteiger charge is -2.68. The molecule has 8 atom stereocenters. The molecule has 1 aromatic carbocycles. The standard InChI is InChI=1S/C35H50/c1-23(2)35-19-8-9-29(35)26-14-15-31-33(6,28(26)17-22-35)21-18-30-32(4,5)27(16-20-34(30,31)7)25-12-10-24(3)11-13-25/h10-13,16,26,28-31H,1,8-9,14-15,17-22H2,2-7H3. The highest BCUT2D eigenvalue weighted by molar-refractivity contribution is 5.71. The summed E-state index contributed by atoms with van der Waals surface area (Å²) in [5.74, 6) is 4.50. The zero-order valence-electron chi connectivity index (χ0n) is 23.6. The number of benzene rings is 1. The molecule has 0 heterocycles. The Hall–Kier alpha value is -1.30. The second-order valence-electron chi connectivity index (χ2n) is 14.9. The van der Waals surface area contributed by atoms with E-state index >= 15 is 0 Å². The molecule has 0 aromatic heterocycles. The maximum atomic E-state index is 4.56. The van der Waals surface area contributed by atoms with Crippen molar-refractivity contribution in [3.05, 3.63) is 53.6 Å². The van der Waals surface area contributed by atoms with Crippen molar-refractivity contribution < 1.29 is 0 Å². The fourth-order valence-corrected chi connectivity index (χ4v) is 11.8. The Morgan fingerprint density at radius 2 is 1.54 bits per heavy atom. The molecule has 0 nitrogen and oxygen atoms in total. The van der Waals surface area contributed by atoms with Gasteiger partial charge >= 0.3 is 0 Å². The molecule has 35 heavy (non-hydrogen) atoms. The summed E-state index contributed by atoms with van der Waals surface area (Å²) in [6.45, 7) is 19.8. The second-order valence-corrected chi connectivity index (χ2v) is 14.9. The zero-order chi connectivity index (χ0) is 24.8. The topological polar surface area (TPSA) is 0 Å². The van der Waals surface area contributed by atoms with Crippen LogP contribution >= 0.6 is 0 Å². The summed E-state index contributed by atoms with van der Waals surface area (Å²) in [7, 11) is 0. The molecule has 5 aliphatic rings. The van der Waals surface area contributed by atoms with Crippen molar-refractivity contribution in [2.24, 2.45) is 51.2 Å². The third kappa shape index (κ3) is 3.16. The molecule has 8 unspecified atom stereocenters. The Bertz CT molecular complexity index is 1040. The zero-order valence-corrected chi connectivity index (χ0v) is 23.6. The first-order chi connectivity index (χ1) is 16.5. The van der Waals surface area contributed by atoms with E-state index in [-0.39, 0.29) is 5.41 Å². The summed E-state index contributed by atoms with van der Waals surface area (Å²) in [4.78, 5) is 0. The Labute approximate surface area is 216 Å². The molecule has 0 heteroatoms. The molecule has 190 valence electrons.